The molecular weight excluding hydrogens is 532 g/mol. The maximum atomic E-state index is 12.4. The number of esters is 1. The zero-order chi connectivity index (χ0) is 29.1. The Morgan fingerprint density at radius 3 is 2.07 bits per heavy atom. The van der Waals surface area contributed by atoms with Crippen LogP contribution in [0.2, 0.25) is 0 Å². The molecule has 4 aromatic carbocycles. The van der Waals surface area contributed by atoms with Gasteiger partial charge in [-0.2, -0.15) is 0 Å². The normalized spacial score (nSPS) is 10.8. The van der Waals surface area contributed by atoms with Crippen LogP contribution in [0.4, 0.5) is 0 Å². The van der Waals surface area contributed by atoms with E-state index in [1.165, 1.54) is 7.11 Å². The lowest BCUT2D eigenvalue weighted by atomic mass is 9.98. The van der Waals surface area contributed by atoms with Crippen LogP contribution in [-0.4, -0.2) is 47.0 Å². The Kier molecular flexibility index (Phi) is 9.54. The molecule has 1 aromatic heterocycles. The SMILES string of the molecule is COCCCn1nnnc1-c1cc(-c2cccc(C(=O)OC)c2)c(OCc2ccccc2)cc1OCc1ccccc1. The van der Waals surface area contributed by atoms with Crippen molar-refractivity contribution in [3.63, 3.8) is 0 Å². The van der Waals surface area contributed by atoms with E-state index in [0.717, 1.165) is 28.7 Å². The summed E-state index contributed by atoms with van der Waals surface area (Å²) in [5.41, 5.74) is 4.69. The molecular formula is C33H32N4O5. The lowest BCUT2D eigenvalue weighted by molar-refractivity contribution is 0.0600. The highest BCUT2D eigenvalue weighted by Crippen LogP contribution is 2.41. The summed E-state index contributed by atoms with van der Waals surface area (Å²) in [4.78, 5) is 12.4. The summed E-state index contributed by atoms with van der Waals surface area (Å²) >= 11 is 0. The van der Waals surface area contributed by atoms with E-state index in [1.807, 2.05) is 84.9 Å². The minimum absolute atomic E-state index is 0.342. The standard InChI is InChI=1S/C33H32N4O5/c1-39-18-10-17-37-32(34-35-36-37)29-20-28(26-15-9-16-27(19-26)33(38)40-2)30(41-22-24-11-5-3-6-12-24)21-31(29)42-23-25-13-7-4-8-14-25/h3-9,11-16,19-21H,10,17-18,22-23H2,1-2H3. The Bertz CT molecular complexity index is 1610. The Labute approximate surface area is 244 Å². The number of hydrogen-bond acceptors (Lipinski definition) is 8. The number of tetrazole rings is 1. The first-order chi connectivity index (χ1) is 20.7. The largest absolute Gasteiger partial charge is 0.488 e. The minimum atomic E-state index is -0.422. The van der Waals surface area contributed by atoms with Crippen LogP contribution in [0, 0.1) is 0 Å². The van der Waals surface area contributed by atoms with Gasteiger partial charge in [-0.15, -0.1) is 5.10 Å². The molecule has 0 aliphatic rings. The van der Waals surface area contributed by atoms with Gasteiger partial charge in [0.15, 0.2) is 5.82 Å². The number of hydrogen-bond donors (Lipinski definition) is 0. The van der Waals surface area contributed by atoms with Gasteiger partial charge < -0.3 is 18.9 Å². The van der Waals surface area contributed by atoms with Crippen molar-refractivity contribution in [3.05, 3.63) is 114 Å². The van der Waals surface area contributed by atoms with Gasteiger partial charge in [-0.25, -0.2) is 9.48 Å². The summed E-state index contributed by atoms with van der Waals surface area (Å²) in [5.74, 6) is 1.28. The minimum Gasteiger partial charge on any atom is -0.488 e. The average molecular weight is 565 g/mol. The monoisotopic (exact) mass is 564 g/mol. The third-order valence-electron chi connectivity index (χ3n) is 6.64. The summed E-state index contributed by atoms with van der Waals surface area (Å²) in [6, 6.07) is 30.9. The van der Waals surface area contributed by atoms with Crippen molar-refractivity contribution < 1.29 is 23.7 Å². The quantitative estimate of drug-likeness (QED) is 0.127. The van der Waals surface area contributed by atoms with Crippen molar-refractivity contribution in [2.24, 2.45) is 0 Å². The fourth-order valence-corrected chi connectivity index (χ4v) is 4.51. The third kappa shape index (κ3) is 7.00. The summed E-state index contributed by atoms with van der Waals surface area (Å²) in [6.45, 7) is 1.83. The Morgan fingerprint density at radius 2 is 1.43 bits per heavy atom. The fraction of sp³-hybridized carbons (Fsp3) is 0.212. The smallest absolute Gasteiger partial charge is 0.337 e. The van der Waals surface area contributed by atoms with Crippen LogP contribution in [0.3, 0.4) is 0 Å². The van der Waals surface area contributed by atoms with E-state index in [0.29, 0.717) is 54.8 Å². The van der Waals surface area contributed by atoms with Gasteiger partial charge in [0.1, 0.15) is 24.7 Å². The van der Waals surface area contributed by atoms with Crippen molar-refractivity contribution in [2.45, 2.75) is 26.2 Å². The number of aryl methyl sites for hydroxylation is 1. The van der Waals surface area contributed by atoms with E-state index in [-0.39, 0.29) is 0 Å². The molecule has 0 radical (unpaired) electrons. The maximum Gasteiger partial charge on any atom is 0.337 e. The van der Waals surface area contributed by atoms with Crippen LogP contribution in [0.25, 0.3) is 22.5 Å². The number of nitrogens with zero attached hydrogens (tertiary/aromatic N) is 4. The van der Waals surface area contributed by atoms with Crippen molar-refractivity contribution in [2.75, 3.05) is 20.8 Å². The van der Waals surface area contributed by atoms with Gasteiger partial charge in [0, 0.05) is 31.9 Å². The molecule has 0 saturated carbocycles. The van der Waals surface area contributed by atoms with Gasteiger partial charge in [-0.1, -0.05) is 72.8 Å². The molecule has 0 amide bonds. The molecule has 214 valence electrons. The molecule has 42 heavy (non-hydrogen) atoms. The first-order valence-electron chi connectivity index (χ1n) is 13.6. The Hall–Kier alpha value is -5.02. The second-order valence-electron chi connectivity index (χ2n) is 9.54. The van der Waals surface area contributed by atoms with E-state index < -0.39 is 5.97 Å². The summed E-state index contributed by atoms with van der Waals surface area (Å²) in [6.07, 6.45) is 0.737. The van der Waals surface area contributed by atoms with Crippen LogP contribution in [0.5, 0.6) is 11.5 Å². The summed E-state index contributed by atoms with van der Waals surface area (Å²) in [7, 11) is 3.03. The molecule has 0 saturated heterocycles. The number of ether oxygens (including phenoxy) is 4. The highest BCUT2D eigenvalue weighted by atomic mass is 16.5. The predicted octanol–water partition coefficient (Wildman–Crippen LogP) is 5.99. The van der Waals surface area contributed by atoms with Gasteiger partial charge in [-0.3, -0.25) is 0 Å². The number of aromatic nitrogens is 4. The maximum absolute atomic E-state index is 12.4. The van der Waals surface area contributed by atoms with E-state index in [4.69, 9.17) is 18.9 Å². The highest BCUT2D eigenvalue weighted by molar-refractivity contribution is 5.91. The molecule has 1 heterocycles. The zero-order valence-electron chi connectivity index (χ0n) is 23.6. The number of benzene rings is 4. The number of carbonyl (C=O) groups excluding carboxylic acids is 1. The molecule has 0 spiro atoms. The molecule has 9 nitrogen and oxygen atoms in total. The van der Waals surface area contributed by atoms with Gasteiger partial charge in [0.05, 0.1) is 18.2 Å². The number of carbonyl (C=O) groups is 1. The zero-order valence-corrected chi connectivity index (χ0v) is 23.6. The van der Waals surface area contributed by atoms with Crippen LogP contribution in [0.1, 0.15) is 27.9 Å². The van der Waals surface area contributed by atoms with E-state index in [2.05, 4.69) is 15.5 Å². The first-order valence-corrected chi connectivity index (χ1v) is 13.6. The topological polar surface area (TPSA) is 97.6 Å². The predicted molar refractivity (Wildman–Crippen MR) is 158 cm³/mol. The molecule has 0 unspecified atom stereocenters. The molecule has 0 fully saturated rings. The summed E-state index contributed by atoms with van der Waals surface area (Å²) < 4.78 is 24.8. The van der Waals surface area contributed by atoms with Crippen LogP contribution in [0.15, 0.2) is 97.1 Å². The van der Waals surface area contributed by atoms with Crippen LogP contribution >= 0.6 is 0 Å². The number of rotatable bonds is 13. The second-order valence-corrected chi connectivity index (χ2v) is 9.54. The molecule has 0 N–H and O–H groups in total. The van der Waals surface area contributed by atoms with E-state index in [1.54, 1.807) is 23.9 Å². The van der Waals surface area contributed by atoms with Crippen LogP contribution < -0.4 is 9.47 Å². The lowest BCUT2D eigenvalue weighted by Crippen LogP contribution is -2.07. The van der Waals surface area contributed by atoms with Gasteiger partial charge in [0.2, 0.25) is 0 Å². The molecule has 5 rings (SSSR count). The molecule has 0 aliphatic heterocycles. The third-order valence-corrected chi connectivity index (χ3v) is 6.64. The van der Waals surface area contributed by atoms with E-state index in [9.17, 15) is 4.79 Å². The first kappa shape index (κ1) is 28.5. The van der Waals surface area contributed by atoms with Gasteiger partial charge in [-0.05, 0) is 51.7 Å². The fourth-order valence-electron chi connectivity index (χ4n) is 4.51. The average Bonchev–Trinajstić information content (AvgIpc) is 3.51. The highest BCUT2D eigenvalue weighted by Gasteiger charge is 2.21. The number of methoxy groups -OCH3 is 2. The Morgan fingerprint density at radius 1 is 0.762 bits per heavy atom. The molecule has 0 bridgehead atoms. The van der Waals surface area contributed by atoms with Crippen molar-refractivity contribution in [3.8, 4) is 34.0 Å². The molecule has 5 aromatic rings. The lowest BCUT2D eigenvalue weighted by Gasteiger charge is -2.18. The summed E-state index contributed by atoms with van der Waals surface area (Å²) in [5, 5.41) is 12.5. The second kappa shape index (κ2) is 14.0. The van der Waals surface area contributed by atoms with Gasteiger partial charge in [0.25, 0.3) is 0 Å². The van der Waals surface area contributed by atoms with Crippen molar-refractivity contribution in [1.29, 1.82) is 0 Å². The van der Waals surface area contributed by atoms with Crippen LogP contribution in [-0.2, 0) is 29.2 Å². The molecule has 0 aliphatic carbocycles. The molecule has 9 heteroatoms. The van der Waals surface area contributed by atoms with Crippen molar-refractivity contribution in [1.82, 2.24) is 20.2 Å². The van der Waals surface area contributed by atoms with E-state index >= 15 is 0 Å². The van der Waals surface area contributed by atoms with Gasteiger partial charge >= 0.3 is 5.97 Å². The Balaban J connectivity index is 1.62. The molecule has 0 atom stereocenters. The van der Waals surface area contributed by atoms with Crippen molar-refractivity contribution >= 4 is 5.97 Å².